The van der Waals surface area contributed by atoms with Crippen LogP contribution in [0.1, 0.15) is 5.56 Å². The molecule has 0 fully saturated rings. The maximum atomic E-state index is 12.7. The highest BCUT2D eigenvalue weighted by molar-refractivity contribution is 7.71. The van der Waals surface area contributed by atoms with Crippen LogP contribution in [0.15, 0.2) is 52.1 Å². The van der Waals surface area contributed by atoms with Crippen molar-refractivity contribution in [2.45, 2.75) is 6.54 Å². The van der Waals surface area contributed by atoms with Crippen LogP contribution in [-0.4, -0.2) is 18.7 Å². The molecule has 0 radical (unpaired) electrons. The molecule has 0 bridgehead atoms. The molecule has 7 heteroatoms. The molecule has 0 aliphatic carbocycles. The second kappa shape index (κ2) is 5.56. The van der Waals surface area contributed by atoms with E-state index in [1.807, 2.05) is 24.3 Å². The Kier molecular flexibility index (Phi) is 3.47. The third kappa shape index (κ3) is 2.27. The fourth-order valence-electron chi connectivity index (χ4n) is 3.23. The van der Waals surface area contributed by atoms with Gasteiger partial charge >= 0.3 is 5.69 Å². The Balaban J connectivity index is 2.02. The summed E-state index contributed by atoms with van der Waals surface area (Å²) >= 11 is 5.42. The Morgan fingerprint density at radius 2 is 1.72 bits per heavy atom. The zero-order valence-electron chi connectivity index (χ0n) is 13.8. The Labute approximate surface area is 147 Å². The molecular formula is C18H16N4O2S. The number of hydrogen-bond donors (Lipinski definition) is 1. The molecule has 0 saturated carbocycles. The van der Waals surface area contributed by atoms with Gasteiger partial charge in [-0.1, -0.05) is 42.5 Å². The highest BCUT2D eigenvalue weighted by Crippen LogP contribution is 2.20. The van der Waals surface area contributed by atoms with Crippen LogP contribution < -0.4 is 11.2 Å². The van der Waals surface area contributed by atoms with Crippen LogP contribution in [0, 0.1) is 4.77 Å². The first-order chi connectivity index (χ1) is 12.0. The third-order valence-corrected chi connectivity index (χ3v) is 4.91. The smallest absolute Gasteiger partial charge is 0.316 e. The Morgan fingerprint density at radius 3 is 2.52 bits per heavy atom. The van der Waals surface area contributed by atoms with Gasteiger partial charge in [-0.15, -0.1) is 0 Å². The van der Waals surface area contributed by atoms with Crippen molar-refractivity contribution < 1.29 is 0 Å². The van der Waals surface area contributed by atoms with Crippen molar-refractivity contribution in [2.75, 3.05) is 0 Å². The van der Waals surface area contributed by atoms with Crippen LogP contribution in [0.4, 0.5) is 0 Å². The van der Waals surface area contributed by atoms with Gasteiger partial charge in [-0.3, -0.25) is 13.9 Å². The van der Waals surface area contributed by atoms with Gasteiger partial charge in [-0.2, -0.15) is 0 Å². The first-order valence-electron chi connectivity index (χ1n) is 7.84. The van der Waals surface area contributed by atoms with Crippen LogP contribution in [0.2, 0.25) is 0 Å². The van der Waals surface area contributed by atoms with E-state index in [2.05, 4.69) is 23.2 Å². The molecule has 25 heavy (non-hydrogen) atoms. The minimum Gasteiger partial charge on any atom is -0.316 e. The van der Waals surface area contributed by atoms with Gasteiger partial charge in [-0.05, 0) is 28.6 Å². The van der Waals surface area contributed by atoms with E-state index in [0.29, 0.717) is 22.5 Å². The summed E-state index contributed by atoms with van der Waals surface area (Å²) in [4.78, 5) is 27.8. The third-order valence-electron chi connectivity index (χ3n) is 4.59. The number of nitrogens with zero attached hydrogens (tertiary/aromatic N) is 3. The van der Waals surface area contributed by atoms with Crippen molar-refractivity contribution in [3.05, 3.63) is 73.6 Å². The van der Waals surface area contributed by atoms with Crippen molar-refractivity contribution in [3.8, 4) is 0 Å². The predicted octanol–water partition coefficient (Wildman–Crippen LogP) is 2.30. The largest absolute Gasteiger partial charge is 0.332 e. The van der Waals surface area contributed by atoms with E-state index in [4.69, 9.17) is 12.2 Å². The lowest BCUT2D eigenvalue weighted by Crippen LogP contribution is -2.37. The summed E-state index contributed by atoms with van der Waals surface area (Å²) in [7, 11) is 3.10. The monoisotopic (exact) mass is 352 g/mol. The molecule has 2 aromatic heterocycles. The number of fused-ring (bicyclic) bond motifs is 2. The quantitative estimate of drug-likeness (QED) is 0.563. The average molecular weight is 352 g/mol. The van der Waals surface area contributed by atoms with E-state index >= 15 is 0 Å². The topological polar surface area (TPSA) is 64.7 Å². The zero-order valence-corrected chi connectivity index (χ0v) is 14.6. The maximum absolute atomic E-state index is 12.7. The molecule has 1 N–H and O–H groups in total. The second-order valence-corrected chi connectivity index (χ2v) is 6.44. The van der Waals surface area contributed by atoms with Gasteiger partial charge in [0.1, 0.15) is 5.65 Å². The van der Waals surface area contributed by atoms with Gasteiger partial charge in [0.25, 0.3) is 5.56 Å². The molecule has 4 rings (SSSR count). The molecule has 0 aliphatic rings. The van der Waals surface area contributed by atoms with E-state index < -0.39 is 0 Å². The fourth-order valence-corrected chi connectivity index (χ4v) is 3.49. The lowest BCUT2D eigenvalue weighted by Gasteiger charge is -2.09. The molecule has 0 atom stereocenters. The van der Waals surface area contributed by atoms with Crippen LogP contribution in [-0.2, 0) is 20.6 Å². The first-order valence-corrected chi connectivity index (χ1v) is 8.25. The Bertz CT molecular complexity index is 1300. The highest BCUT2D eigenvalue weighted by atomic mass is 32.1. The molecule has 0 aliphatic heterocycles. The molecule has 126 valence electrons. The first kappa shape index (κ1) is 15.6. The van der Waals surface area contributed by atoms with Crippen molar-refractivity contribution in [1.82, 2.24) is 18.7 Å². The molecule has 0 spiro atoms. The lowest BCUT2D eigenvalue weighted by atomic mass is 10.0. The number of nitrogens with one attached hydrogen (secondary N) is 1. The average Bonchev–Trinajstić information content (AvgIpc) is 2.95. The van der Waals surface area contributed by atoms with E-state index in [0.717, 1.165) is 20.9 Å². The van der Waals surface area contributed by atoms with Gasteiger partial charge in [0.15, 0.2) is 10.3 Å². The van der Waals surface area contributed by atoms with Crippen molar-refractivity contribution >= 4 is 34.2 Å². The van der Waals surface area contributed by atoms with E-state index in [9.17, 15) is 9.59 Å². The van der Waals surface area contributed by atoms with Crippen molar-refractivity contribution in [3.63, 3.8) is 0 Å². The lowest BCUT2D eigenvalue weighted by molar-refractivity contribution is 0.702. The fraction of sp³-hybridized carbons (Fsp3) is 0.167. The minimum atomic E-state index is -0.383. The summed E-state index contributed by atoms with van der Waals surface area (Å²) in [6.45, 7) is 0.452. The maximum Gasteiger partial charge on any atom is 0.332 e. The molecule has 2 heterocycles. The van der Waals surface area contributed by atoms with Crippen molar-refractivity contribution in [1.29, 1.82) is 0 Å². The van der Waals surface area contributed by atoms with Crippen molar-refractivity contribution in [2.24, 2.45) is 14.1 Å². The molecule has 0 unspecified atom stereocenters. The van der Waals surface area contributed by atoms with Crippen LogP contribution >= 0.6 is 12.2 Å². The second-order valence-electron chi connectivity index (χ2n) is 6.06. The van der Waals surface area contributed by atoms with Gasteiger partial charge in [0.2, 0.25) is 0 Å². The number of rotatable bonds is 2. The molecule has 6 nitrogen and oxygen atoms in total. The number of benzene rings is 2. The summed E-state index contributed by atoms with van der Waals surface area (Å²) in [6.07, 6.45) is 0. The summed E-state index contributed by atoms with van der Waals surface area (Å²) in [5.41, 5.74) is 1.17. The molecule has 0 saturated heterocycles. The number of aromatic amines is 1. The Hall–Kier alpha value is -2.93. The number of H-pyrrole nitrogens is 1. The number of aromatic nitrogens is 4. The number of imidazole rings is 1. The van der Waals surface area contributed by atoms with E-state index in [1.165, 1.54) is 11.6 Å². The summed E-state index contributed by atoms with van der Waals surface area (Å²) in [5, 5.41) is 2.24. The number of hydrogen-bond acceptors (Lipinski definition) is 3. The standard InChI is InChI=1S/C18H16N4O2S/c1-20-15-14(16(23)21(2)18(20)24)22(17(25)19-15)10-12-8-5-7-11-6-3-4-9-13(11)12/h3-9H,10H2,1-2H3,(H,19,25). The van der Waals surface area contributed by atoms with Gasteiger partial charge in [-0.25, -0.2) is 4.79 Å². The Morgan fingerprint density at radius 1 is 1.00 bits per heavy atom. The predicted molar refractivity (Wildman–Crippen MR) is 101 cm³/mol. The molecule has 0 amide bonds. The summed E-state index contributed by atoms with van der Waals surface area (Å²) in [6, 6.07) is 14.2. The van der Waals surface area contributed by atoms with Crippen LogP contribution in [0.25, 0.3) is 21.9 Å². The van der Waals surface area contributed by atoms with Crippen LogP contribution in [0.3, 0.4) is 0 Å². The zero-order chi connectivity index (χ0) is 17.7. The minimum absolute atomic E-state index is 0.356. The van der Waals surface area contributed by atoms with Gasteiger partial charge in [0, 0.05) is 14.1 Å². The molecular weight excluding hydrogens is 336 g/mol. The van der Waals surface area contributed by atoms with E-state index in [-0.39, 0.29) is 11.2 Å². The van der Waals surface area contributed by atoms with Gasteiger partial charge in [0.05, 0.1) is 6.54 Å². The van der Waals surface area contributed by atoms with Gasteiger partial charge < -0.3 is 9.55 Å². The van der Waals surface area contributed by atoms with Crippen LogP contribution in [0.5, 0.6) is 0 Å². The molecule has 4 aromatic rings. The van der Waals surface area contributed by atoms with E-state index in [1.54, 1.807) is 11.6 Å². The summed E-state index contributed by atoms with van der Waals surface area (Å²) in [5.74, 6) is 0. The SMILES string of the molecule is Cn1c(=O)c2c([nH]c(=S)n2Cc2cccc3ccccc23)n(C)c1=O. The number of aryl methyl sites for hydroxylation is 1. The highest BCUT2D eigenvalue weighted by Gasteiger charge is 2.15. The molecule has 2 aromatic carbocycles. The normalized spacial score (nSPS) is 11.4. The summed E-state index contributed by atoms with van der Waals surface area (Å²) < 4.78 is 4.69.